The van der Waals surface area contributed by atoms with Crippen molar-refractivity contribution in [3.8, 4) is 5.75 Å². The average Bonchev–Trinajstić information content (AvgIpc) is 3.30. The largest absolute Gasteiger partial charge is 0.508 e. The number of hydrogen-bond donors (Lipinski definition) is 3. The van der Waals surface area contributed by atoms with E-state index in [4.69, 9.17) is 12.2 Å². The third kappa shape index (κ3) is 5.66. The number of amides is 3. The van der Waals surface area contributed by atoms with Gasteiger partial charge in [-0.2, -0.15) is 0 Å². The Hall–Kier alpha value is -2.69. The molecule has 1 aromatic carbocycles. The van der Waals surface area contributed by atoms with Gasteiger partial charge in [0.25, 0.3) is 11.8 Å². The van der Waals surface area contributed by atoms with Crippen molar-refractivity contribution in [2.24, 2.45) is 0 Å². The van der Waals surface area contributed by atoms with Crippen molar-refractivity contribution >= 4 is 63.4 Å². The highest BCUT2D eigenvalue weighted by atomic mass is 32.2. The third-order valence-electron chi connectivity index (χ3n) is 3.90. The zero-order valence-electron chi connectivity index (χ0n) is 15.1. The van der Waals surface area contributed by atoms with Crippen LogP contribution in [-0.4, -0.2) is 38.6 Å². The van der Waals surface area contributed by atoms with Crippen LogP contribution in [0, 0.1) is 0 Å². The molecule has 29 heavy (non-hydrogen) atoms. The molecular weight excluding hydrogens is 430 g/mol. The number of hydrazine groups is 1. The molecule has 0 radical (unpaired) electrons. The number of nitrogens with zero attached hydrogens (tertiary/aromatic N) is 1. The van der Waals surface area contributed by atoms with Gasteiger partial charge in [-0.05, 0) is 42.1 Å². The summed E-state index contributed by atoms with van der Waals surface area (Å²) >= 11 is 8.06. The van der Waals surface area contributed by atoms with Crippen molar-refractivity contribution < 1.29 is 19.5 Å². The van der Waals surface area contributed by atoms with Crippen LogP contribution in [0.3, 0.4) is 0 Å². The molecule has 3 N–H and O–H groups in total. The minimum Gasteiger partial charge on any atom is -0.508 e. The van der Waals surface area contributed by atoms with Crippen LogP contribution in [0.15, 0.2) is 46.7 Å². The number of thiophene rings is 1. The average molecular weight is 448 g/mol. The van der Waals surface area contributed by atoms with E-state index in [0.29, 0.717) is 22.2 Å². The molecule has 0 atom stereocenters. The van der Waals surface area contributed by atoms with E-state index in [1.807, 2.05) is 23.6 Å². The van der Waals surface area contributed by atoms with E-state index in [0.717, 1.165) is 4.88 Å². The van der Waals surface area contributed by atoms with Gasteiger partial charge in [0.2, 0.25) is 5.91 Å². The van der Waals surface area contributed by atoms with E-state index < -0.39 is 11.8 Å². The van der Waals surface area contributed by atoms with Crippen molar-refractivity contribution in [3.63, 3.8) is 0 Å². The van der Waals surface area contributed by atoms with E-state index in [2.05, 4.69) is 10.9 Å². The third-order valence-corrected chi connectivity index (χ3v) is 6.10. The van der Waals surface area contributed by atoms with Crippen molar-refractivity contribution in [1.82, 2.24) is 15.8 Å². The van der Waals surface area contributed by atoms with Gasteiger partial charge in [-0.25, -0.2) is 0 Å². The molecular formula is C19H17N3O4S3. The molecule has 0 bridgehead atoms. The Morgan fingerprint density at radius 1 is 1.21 bits per heavy atom. The molecule has 1 fully saturated rings. The van der Waals surface area contributed by atoms with E-state index in [9.17, 15) is 19.5 Å². The van der Waals surface area contributed by atoms with Gasteiger partial charge in [0.15, 0.2) is 0 Å². The van der Waals surface area contributed by atoms with Crippen molar-refractivity contribution in [3.05, 3.63) is 57.1 Å². The first-order valence-electron chi connectivity index (χ1n) is 8.61. The molecule has 1 aromatic heterocycles. The second kappa shape index (κ2) is 9.68. The van der Waals surface area contributed by atoms with Gasteiger partial charge in [0.05, 0.1) is 4.91 Å². The topological polar surface area (TPSA) is 98.7 Å². The lowest BCUT2D eigenvalue weighted by Crippen LogP contribution is -2.41. The van der Waals surface area contributed by atoms with Crippen LogP contribution in [0.1, 0.15) is 28.1 Å². The minimum atomic E-state index is -0.537. The van der Waals surface area contributed by atoms with Crippen LogP contribution < -0.4 is 10.9 Å². The van der Waals surface area contributed by atoms with Gasteiger partial charge in [-0.3, -0.25) is 30.1 Å². The molecule has 3 rings (SSSR count). The first-order chi connectivity index (χ1) is 13.9. The Balaban J connectivity index is 1.43. The van der Waals surface area contributed by atoms with Crippen LogP contribution in [0.5, 0.6) is 5.75 Å². The SMILES string of the molecule is O=C(CCCN1C(=O)/C(=C\c2cccs2)SC1=S)NNC(=O)c1cccc(O)c1. The van der Waals surface area contributed by atoms with Crippen molar-refractivity contribution in [2.75, 3.05) is 6.54 Å². The summed E-state index contributed by atoms with van der Waals surface area (Å²) < 4.78 is 0.468. The van der Waals surface area contributed by atoms with Crippen molar-refractivity contribution in [2.45, 2.75) is 12.8 Å². The maximum atomic E-state index is 12.5. The lowest BCUT2D eigenvalue weighted by molar-refractivity contribution is -0.124. The van der Waals surface area contributed by atoms with Gasteiger partial charge in [-0.1, -0.05) is 36.1 Å². The molecule has 10 heteroatoms. The Bertz CT molecular complexity index is 973. The molecule has 0 spiro atoms. The van der Waals surface area contributed by atoms with Gasteiger partial charge in [0, 0.05) is 23.4 Å². The zero-order valence-corrected chi connectivity index (χ0v) is 17.5. The van der Waals surface area contributed by atoms with Crippen LogP contribution in [0.4, 0.5) is 0 Å². The minimum absolute atomic E-state index is 0.0411. The van der Waals surface area contributed by atoms with Crippen LogP contribution in [0.2, 0.25) is 0 Å². The second-order valence-corrected chi connectivity index (χ2v) is 8.66. The Morgan fingerprint density at radius 3 is 2.76 bits per heavy atom. The fourth-order valence-corrected chi connectivity index (χ4v) is 4.53. The summed E-state index contributed by atoms with van der Waals surface area (Å²) in [7, 11) is 0. The van der Waals surface area contributed by atoms with Gasteiger partial charge in [0.1, 0.15) is 10.1 Å². The number of phenolic OH excluding ortho intramolecular Hbond substituents is 1. The zero-order chi connectivity index (χ0) is 20.8. The number of benzene rings is 1. The van der Waals surface area contributed by atoms with E-state index in [1.54, 1.807) is 0 Å². The number of aromatic hydroxyl groups is 1. The predicted molar refractivity (Wildman–Crippen MR) is 117 cm³/mol. The number of thiocarbonyl (C=S) groups is 1. The number of carbonyl (C=O) groups excluding carboxylic acids is 3. The highest BCUT2D eigenvalue weighted by molar-refractivity contribution is 8.26. The number of rotatable bonds is 6. The molecule has 1 saturated heterocycles. The summed E-state index contributed by atoms with van der Waals surface area (Å²) in [4.78, 5) is 39.4. The van der Waals surface area contributed by atoms with Crippen LogP contribution in [-0.2, 0) is 9.59 Å². The molecule has 7 nitrogen and oxygen atoms in total. The van der Waals surface area contributed by atoms with Gasteiger partial charge >= 0.3 is 0 Å². The summed E-state index contributed by atoms with van der Waals surface area (Å²) in [5.41, 5.74) is 4.82. The molecule has 0 aliphatic carbocycles. The van der Waals surface area contributed by atoms with Gasteiger partial charge < -0.3 is 5.11 Å². The fraction of sp³-hybridized carbons (Fsp3) is 0.158. The number of hydrogen-bond acceptors (Lipinski definition) is 7. The number of carbonyl (C=O) groups is 3. The molecule has 2 heterocycles. The number of phenols is 1. The molecule has 150 valence electrons. The molecule has 1 aliphatic heterocycles. The molecule has 3 amide bonds. The maximum Gasteiger partial charge on any atom is 0.269 e. The second-order valence-electron chi connectivity index (χ2n) is 6.00. The Labute approximate surface area is 180 Å². The summed E-state index contributed by atoms with van der Waals surface area (Å²) in [6.45, 7) is 0.320. The predicted octanol–water partition coefficient (Wildman–Crippen LogP) is 2.90. The van der Waals surface area contributed by atoms with Gasteiger partial charge in [-0.15, -0.1) is 11.3 Å². The first kappa shape index (κ1) is 21.0. The quantitative estimate of drug-likeness (QED) is 0.358. The molecule has 1 aliphatic rings. The van der Waals surface area contributed by atoms with Crippen molar-refractivity contribution in [1.29, 1.82) is 0 Å². The lowest BCUT2D eigenvalue weighted by atomic mass is 10.2. The highest BCUT2D eigenvalue weighted by Gasteiger charge is 2.31. The fourth-order valence-electron chi connectivity index (χ4n) is 2.50. The monoisotopic (exact) mass is 447 g/mol. The molecule has 0 unspecified atom stereocenters. The summed E-state index contributed by atoms with van der Waals surface area (Å²) in [5, 5.41) is 11.3. The number of thioether (sulfide) groups is 1. The van der Waals surface area contributed by atoms with Crippen LogP contribution in [0.25, 0.3) is 6.08 Å². The normalized spacial score (nSPS) is 15.0. The van der Waals surface area contributed by atoms with E-state index >= 15 is 0 Å². The smallest absolute Gasteiger partial charge is 0.269 e. The lowest BCUT2D eigenvalue weighted by Gasteiger charge is -2.14. The first-order valence-corrected chi connectivity index (χ1v) is 10.7. The summed E-state index contributed by atoms with van der Waals surface area (Å²) in [6.07, 6.45) is 2.32. The molecule has 2 aromatic rings. The molecule has 0 saturated carbocycles. The highest BCUT2D eigenvalue weighted by Crippen LogP contribution is 2.33. The standard InChI is InChI=1S/C19H17N3O4S3/c23-13-5-1-4-12(10-13)17(25)21-20-16(24)7-2-8-22-18(26)15(29-19(22)27)11-14-6-3-9-28-14/h1,3-6,9-11,23H,2,7-8H2,(H,20,24)(H,21,25)/b15-11+. The number of nitrogens with one attached hydrogen (secondary N) is 2. The maximum absolute atomic E-state index is 12.5. The summed E-state index contributed by atoms with van der Waals surface area (Å²) in [6, 6.07) is 9.61. The Morgan fingerprint density at radius 2 is 2.03 bits per heavy atom. The van der Waals surface area contributed by atoms with Crippen LogP contribution >= 0.6 is 35.3 Å². The Kier molecular flexibility index (Phi) is 7.02. The van der Waals surface area contributed by atoms with E-state index in [-0.39, 0.29) is 23.6 Å². The van der Waals surface area contributed by atoms with E-state index in [1.165, 1.54) is 52.3 Å². The summed E-state index contributed by atoms with van der Waals surface area (Å²) in [5.74, 6) is -1.13.